The molecule has 0 radical (unpaired) electrons. The summed E-state index contributed by atoms with van der Waals surface area (Å²) < 4.78 is 9.61. The second-order valence-electron chi connectivity index (χ2n) is 4.11. The van der Waals surface area contributed by atoms with Crippen molar-refractivity contribution in [3.63, 3.8) is 0 Å². The predicted octanol–water partition coefficient (Wildman–Crippen LogP) is 2.62. The van der Waals surface area contributed by atoms with Gasteiger partial charge < -0.3 is 9.47 Å². The van der Waals surface area contributed by atoms with Crippen LogP contribution in [-0.4, -0.2) is 25.7 Å². The maximum atomic E-state index is 11.9. The Morgan fingerprint density at radius 2 is 1.65 bits per heavy atom. The molecular weight excluding hydrogens is 256 g/mol. The number of esters is 2. The molecule has 1 aromatic rings. The van der Waals surface area contributed by atoms with Gasteiger partial charge in [0.25, 0.3) is 0 Å². The molecule has 1 rings (SSSR count). The molecular formula is C16H18O4. The third kappa shape index (κ3) is 3.57. The van der Waals surface area contributed by atoms with E-state index in [2.05, 4.69) is 17.9 Å². The van der Waals surface area contributed by atoms with Gasteiger partial charge in [-0.3, -0.25) is 0 Å². The first kappa shape index (κ1) is 15.7. The van der Waals surface area contributed by atoms with Gasteiger partial charge in [-0.15, -0.1) is 0 Å². The summed E-state index contributed by atoms with van der Waals surface area (Å²) in [7, 11) is 1.27. The molecule has 0 aromatic heterocycles. The summed E-state index contributed by atoms with van der Waals surface area (Å²) in [5, 5.41) is 0. The highest BCUT2D eigenvalue weighted by Gasteiger charge is 2.28. The fourth-order valence-electron chi connectivity index (χ4n) is 1.85. The quantitative estimate of drug-likeness (QED) is 0.591. The maximum absolute atomic E-state index is 11.9. The van der Waals surface area contributed by atoms with Crippen LogP contribution in [0.15, 0.2) is 54.6 Å². The second-order valence-corrected chi connectivity index (χ2v) is 4.11. The molecule has 0 bridgehead atoms. The number of carbonyl (C=O) groups excluding carboxylic acids is 2. The van der Waals surface area contributed by atoms with Gasteiger partial charge in [0.05, 0.1) is 13.7 Å². The number of hydrogen-bond donors (Lipinski definition) is 0. The highest BCUT2D eigenvalue weighted by atomic mass is 16.5. The zero-order chi connectivity index (χ0) is 15.1. The summed E-state index contributed by atoms with van der Waals surface area (Å²) >= 11 is 0. The fourth-order valence-corrected chi connectivity index (χ4v) is 1.85. The summed E-state index contributed by atoms with van der Waals surface area (Å²) in [6, 6.07) is 9.05. The van der Waals surface area contributed by atoms with Crippen LogP contribution in [0.25, 0.3) is 0 Å². The summed E-state index contributed by atoms with van der Waals surface area (Å²) in [6.45, 7) is 9.41. The van der Waals surface area contributed by atoms with Gasteiger partial charge in [-0.1, -0.05) is 43.5 Å². The highest BCUT2D eigenvalue weighted by molar-refractivity contribution is 5.97. The van der Waals surface area contributed by atoms with E-state index < -0.39 is 17.9 Å². The molecule has 0 saturated heterocycles. The number of ether oxygens (including phenoxy) is 2. The Morgan fingerprint density at radius 3 is 2.15 bits per heavy atom. The van der Waals surface area contributed by atoms with Crippen LogP contribution in [-0.2, 0) is 19.1 Å². The van der Waals surface area contributed by atoms with Gasteiger partial charge in [-0.05, 0) is 12.5 Å². The third-order valence-electron chi connectivity index (χ3n) is 2.82. The molecule has 0 spiro atoms. The van der Waals surface area contributed by atoms with Gasteiger partial charge >= 0.3 is 11.9 Å². The average Bonchev–Trinajstić information content (AvgIpc) is 2.47. The normalized spacial score (nSPS) is 11.3. The summed E-state index contributed by atoms with van der Waals surface area (Å²) in [5.74, 6) is -1.78. The van der Waals surface area contributed by atoms with E-state index in [-0.39, 0.29) is 17.8 Å². The largest absolute Gasteiger partial charge is 0.466 e. The van der Waals surface area contributed by atoms with E-state index in [1.807, 2.05) is 18.2 Å². The standard InChI is InChI=1S/C16H18O4/c1-5-20-16(18)12(3)14(11(2)15(17)19-4)13-9-7-6-8-10-13/h6-10,14H,2-3,5H2,1,4H3/t14-/m1/s1. The van der Waals surface area contributed by atoms with Crippen molar-refractivity contribution in [3.8, 4) is 0 Å². The lowest BCUT2D eigenvalue weighted by molar-refractivity contribution is -0.138. The van der Waals surface area contributed by atoms with Crippen LogP contribution >= 0.6 is 0 Å². The SMILES string of the molecule is C=C(C(=O)OC)[C@H](C(=C)C(=O)OCC)c1ccccc1. The lowest BCUT2D eigenvalue weighted by atomic mass is 9.86. The molecule has 0 amide bonds. The Bertz CT molecular complexity index is 517. The van der Waals surface area contributed by atoms with Crippen molar-refractivity contribution in [1.82, 2.24) is 0 Å². The molecule has 4 nitrogen and oxygen atoms in total. The molecule has 0 N–H and O–H groups in total. The van der Waals surface area contributed by atoms with Gasteiger partial charge in [0, 0.05) is 17.1 Å². The first-order valence-corrected chi connectivity index (χ1v) is 6.20. The Labute approximate surface area is 118 Å². The van der Waals surface area contributed by atoms with Gasteiger partial charge in [0.15, 0.2) is 0 Å². The fraction of sp³-hybridized carbons (Fsp3) is 0.250. The second kappa shape index (κ2) is 7.28. The van der Waals surface area contributed by atoms with E-state index in [0.29, 0.717) is 0 Å². The van der Waals surface area contributed by atoms with E-state index in [1.54, 1.807) is 19.1 Å². The molecule has 1 atom stereocenters. The molecule has 106 valence electrons. The molecule has 0 aliphatic rings. The van der Waals surface area contributed by atoms with Crippen molar-refractivity contribution in [2.24, 2.45) is 0 Å². The Hall–Kier alpha value is -2.36. The van der Waals surface area contributed by atoms with E-state index in [9.17, 15) is 9.59 Å². The third-order valence-corrected chi connectivity index (χ3v) is 2.82. The topological polar surface area (TPSA) is 52.6 Å². The van der Waals surface area contributed by atoms with E-state index in [4.69, 9.17) is 4.74 Å². The van der Waals surface area contributed by atoms with Crippen molar-refractivity contribution < 1.29 is 19.1 Å². The number of methoxy groups -OCH3 is 1. The molecule has 0 fully saturated rings. The van der Waals surface area contributed by atoms with Crippen molar-refractivity contribution >= 4 is 11.9 Å². The first-order chi connectivity index (χ1) is 9.52. The van der Waals surface area contributed by atoms with Crippen LogP contribution in [0.1, 0.15) is 18.4 Å². The first-order valence-electron chi connectivity index (χ1n) is 6.20. The minimum Gasteiger partial charge on any atom is -0.466 e. The Balaban J connectivity index is 3.15. The molecule has 0 heterocycles. The molecule has 4 heteroatoms. The van der Waals surface area contributed by atoms with Crippen LogP contribution in [0.4, 0.5) is 0 Å². The number of rotatable bonds is 6. The van der Waals surface area contributed by atoms with Gasteiger partial charge in [0.2, 0.25) is 0 Å². The van der Waals surface area contributed by atoms with E-state index >= 15 is 0 Å². The zero-order valence-electron chi connectivity index (χ0n) is 11.7. The van der Waals surface area contributed by atoms with Crippen molar-refractivity contribution in [2.45, 2.75) is 12.8 Å². The number of hydrogen-bond acceptors (Lipinski definition) is 4. The van der Waals surface area contributed by atoms with Gasteiger partial charge in [0.1, 0.15) is 0 Å². The van der Waals surface area contributed by atoms with Crippen molar-refractivity contribution in [1.29, 1.82) is 0 Å². The minimum atomic E-state index is -0.650. The molecule has 0 aliphatic heterocycles. The van der Waals surface area contributed by atoms with Crippen LogP contribution in [0, 0.1) is 0 Å². The summed E-state index contributed by atoms with van der Waals surface area (Å²) in [4.78, 5) is 23.6. The Kier molecular flexibility index (Phi) is 5.72. The zero-order valence-corrected chi connectivity index (χ0v) is 11.7. The summed E-state index contributed by atoms with van der Waals surface area (Å²) in [5.41, 5.74) is 1.05. The van der Waals surface area contributed by atoms with Gasteiger partial charge in [-0.25, -0.2) is 9.59 Å². The van der Waals surface area contributed by atoms with Crippen molar-refractivity contribution in [2.75, 3.05) is 13.7 Å². The van der Waals surface area contributed by atoms with Crippen LogP contribution in [0.5, 0.6) is 0 Å². The Morgan fingerprint density at radius 1 is 1.10 bits per heavy atom. The van der Waals surface area contributed by atoms with Crippen LogP contribution in [0.3, 0.4) is 0 Å². The molecule has 0 unspecified atom stereocenters. The minimum absolute atomic E-state index is 0.150. The monoisotopic (exact) mass is 274 g/mol. The molecule has 0 saturated carbocycles. The van der Waals surface area contributed by atoms with E-state index in [0.717, 1.165) is 5.56 Å². The average molecular weight is 274 g/mol. The highest BCUT2D eigenvalue weighted by Crippen LogP contribution is 2.31. The summed E-state index contributed by atoms with van der Waals surface area (Å²) in [6.07, 6.45) is 0. The van der Waals surface area contributed by atoms with Crippen molar-refractivity contribution in [3.05, 3.63) is 60.2 Å². The smallest absolute Gasteiger partial charge is 0.334 e. The van der Waals surface area contributed by atoms with Crippen LogP contribution in [0.2, 0.25) is 0 Å². The molecule has 20 heavy (non-hydrogen) atoms. The maximum Gasteiger partial charge on any atom is 0.334 e. The lowest BCUT2D eigenvalue weighted by Gasteiger charge is -2.20. The number of benzene rings is 1. The van der Waals surface area contributed by atoms with E-state index in [1.165, 1.54) is 7.11 Å². The van der Waals surface area contributed by atoms with Gasteiger partial charge in [-0.2, -0.15) is 0 Å². The molecule has 0 aliphatic carbocycles. The number of carbonyl (C=O) groups is 2. The van der Waals surface area contributed by atoms with Crippen LogP contribution < -0.4 is 0 Å². The predicted molar refractivity (Wildman–Crippen MR) is 76.1 cm³/mol. The molecule has 1 aromatic carbocycles. The lowest BCUT2D eigenvalue weighted by Crippen LogP contribution is -2.20.